The molecule has 1 saturated heterocycles. The molecule has 2 rings (SSSR count). The number of nitrogens with one attached hydrogen (secondary N) is 1. The number of para-hydroxylation sites is 1. The first-order valence-corrected chi connectivity index (χ1v) is 7.45. The Bertz CT molecular complexity index is 536. The van der Waals surface area contributed by atoms with E-state index in [1.54, 1.807) is 24.1 Å². The fourth-order valence-electron chi connectivity index (χ4n) is 2.29. The number of hydrogen-bond acceptors (Lipinski definition) is 5. The van der Waals surface area contributed by atoms with Crippen LogP contribution in [-0.2, 0) is 0 Å². The van der Waals surface area contributed by atoms with Crippen LogP contribution in [0.5, 0.6) is 0 Å². The first-order valence-electron chi connectivity index (χ1n) is 6.40. The Morgan fingerprint density at radius 3 is 2.90 bits per heavy atom. The zero-order valence-corrected chi connectivity index (χ0v) is 12.3. The topological polar surface area (TPSA) is 75.5 Å². The van der Waals surface area contributed by atoms with Crippen molar-refractivity contribution in [1.29, 1.82) is 0 Å². The average molecular weight is 295 g/mol. The summed E-state index contributed by atoms with van der Waals surface area (Å²) < 4.78 is 0. The highest BCUT2D eigenvalue weighted by atomic mass is 32.2. The third kappa shape index (κ3) is 2.87. The highest BCUT2D eigenvalue weighted by Gasteiger charge is 2.29. The summed E-state index contributed by atoms with van der Waals surface area (Å²) in [5, 5.41) is 14.4. The number of anilines is 1. The quantitative estimate of drug-likeness (QED) is 0.683. The maximum Gasteiger partial charge on any atom is 0.305 e. The van der Waals surface area contributed by atoms with E-state index in [1.807, 2.05) is 11.8 Å². The predicted molar refractivity (Wildman–Crippen MR) is 80.5 cm³/mol. The number of nitro benzene ring substituents is 1. The first-order chi connectivity index (χ1) is 9.54. The van der Waals surface area contributed by atoms with Gasteiger partial charge in [-0.3, -0.25) is 14.9 Å². The summed E-state index contributed by atoms with van der Waals surface area (Å²) in [5.41, 5.74) is 0.368. The molecule has 1 aromatic rings. The minimum absolute atomic E-state index is 0.147. The number of amides is 1. The fourth-order valence-corrected chi connectivity index (χ4v) is 3.30. The highest BCUT2D eigenvalue weighted by Crippen LogP contribution is 2.30. The van der Waals surface area contributed by atoms with E-state index in [1.165, 1.54) is 6.07 Å². The lowest BCUT2D eigenvalue weighted by Gasteiger charge is -2.30. The van der Waals surface area contributed by atoms with Crippen molar-refractivity contribution in [3.8, 4) is 0 Å². The molecule has 1 aliphatic heterocycles. The molecule has 0 bridgehead atoms. The molecule has 1 aliphatic rings. The van der Waals surface area contributed by atoms with Crippen LogP contribution in [0.1, 0.15) is 17.3 Å². The van der Waals surface area contributed by atoms with Crippen LogP contribution in [-0.4, -0.2) is 46.9 Å². The van der Waals surface area contributed by atoms with E-state index in [-0.39, 0.29) is 17.2 Å². The van der Waals surface area contributed by atoms with Crippen molar-refractivity contribution in [2.75, 3.05) is 31.2 Å². The molecule has 1 amide bonds. The first kappa shape index (κ1) is 14.6. The van der Waals surface area contributed by atoms with E-state index in [4.69, 9.17) is 0 Å². The Labute approximate surface area is 121 Å². The number of rotatable bonds is 3. The summed E-state index contributed by atoms with van der Waals surface area (Å²) in [6, 6.07) is 4.78. The summed E-state index contributed by atoms with van der Waals surface area (Å²) in [6.45, 7) is 3.32. The molecule has 0 aromatic heterocycles. The minimum Gasteiger partial charge on any atom is -0.383 e. The normalized spacial score (nSPS) is 18.7. The number of carbonyl (C=O) groups is 1. The summed E-state index contributed by atoms with van der Waals surface area (Å²) in [7, 11) is 1.61. The molecule has 0 aliphatic carbocycles. The van der Waals surface area contributed by atoms with Crippen molar-refractivity contribution in [3.63, 3.8) is 0 Å². The molecule has 6 nitrogen and oxygen atoms in total. The van der Waals surface area contributed by atoms with Crippen LogP contribution in [0, 0.1) is 10.1 Å². The molecule has 0 saturated carbocycles. The van der Waals surface area contributed by atoms with Gasteiger partial charge in [0.1, 0.15) is 11.3 Å². The molecule has 0 radical (unpaired) electrons. The van der Waals surface area contributed by atoms with Crippen molar-refractivity contribution in [2.45, 2.75) is 12.2 Å². The predicted octanol–water partition coefficient (Wildman–Crippen LogP) is 2.21. The van der Waals surface area contributed by atoms with Gasteiger partial charge in [0.05, 0.1) is 4.92 Å². The van der Waals surface area contributed by atoms with Gasteiger partial charge in [0.2, 0.25) is 0 Å². The van der Waals surface area contributed by atoms with Gasteiger partial charge in [0.25, 0.3) is 5.91 Å². The van der Waals surface area contributed by atoms with E-state index >= 15 is 0 Å². The second-order valence-electron chi connectivity index (χ2n) is 4.64. The van der Waals surface area contributed by atoms with Crippen LogP contribution in [0.15, 0.2) is 18.2 Å². The van der Waals surface area contributed by atoms with Crippen molar-refractivity contribution in [3.05, 3.63) is 33.9 Å². The molecule has 1 heterocycles. The van der Waals surface area contributed by atoms with E-state index in [0.29, 0.717) is 24.0 Å². The Kier molecular flexibility index (Phi) is 4.49. The molecule has 1 unspecified atom stereocenters. The lowest BCUT2D eigenvalue weighted by molar-refractivity contribution is -0.384. The standard InChI is InChI=1S/C13H17N3O3S/c1-9-8-15(6-7-20-9)13(17)10-4-3-5-11(14-2)12(10)16(18)19/h3-5,9,14H,6-8H2,1-2H3. The average Bonchev–Trinajstić information content (AvgIpc) is 2.45. The van der Waals surface area contributed by atoms with Crippen molar-refractivity contribution < 1.29 is 9.72 Å². The Morgan fingerprint density at radius 1 is 1.55 bits per heavy atom. The zero-order chi connectivity index (χ0) is 14.7. The lowest BCUT2D eigenvalue weighted by atomic mass is 10.1. The van der Waals surface area contributed by atoms with Crippen LogP contribution in [0.2, 0.25) is 0 Å². The van der Waals surface area contributed by atoms with Crippen molar-refractivity contribution in [1.82, 2.24) is 4.90 Å². The molecule has 7 heteroatoms. The SMILES string of the molecule is CNc1cccc(C(=O)N2CCSC(C)C2)c1[N+](=O)[O-]. The summed E-state index contributed by atoms with van der Waals surface area (Å²) >= 11 is 1.81. The number of thioether (sulfide) groups is 1. The zero-order valence-electron chi connectivity index (χ0n) is 11.5. The molecular weight excluding hydrogens is 278 g/mol. The number of benzene rings is 1. The number of nitrogens with zero attached hydrogens (tertiary/aromatic N) is 2. The third-order valence-corrected chi connectivity index (χ3v) is 4.38. The van der Waals surface area contributed by atoms with Gasteiger partial charge in [-0.1, -0.05) is 13.0 Å². The molecular formula is C13H17N3O3S. The smallest absolute Gasteiger partial charge is 0.305 e. The second-order valence-corrected chi connectivity index (χ2v) is 6.19. The van der Waals surface area contributed by atoms with E-state index in [9.17, 15) is 14.9 Å². The van der Waals surface area contributed by atoms with Gasteiger partial charge in [-0.25, -0.2) is 0 Å². The van der Waals surface area contributed by atoms with E-state index in [2.05, 4.69) is 12.2 Å². The van der Waals surface area contributed by atoms with Gasteiger partial charge in [-0.05, 0) is 12.1 Å². The van der Waals surface area contributed by atoms with Crippen LogP contribution >= 0.6 is 11.8 Å². The molecule has 1 aromatic carbocycles. The third-order valence-electron chi connectivity index (χ3n) is 3.25. The number of nitro groups is 1. The maximum atomic E-state index is 12.5. The molecule has 108 valence electrons. The molecule has 1 fully saturated rings. The molecule has 20 heavy (non-hydrogen) atoms. The van der Waals surface area contributed by atoms with Crippen LogP contribution in [0.4, 0.5) is 11.4 Å². The van der Waals surface area contributed by atoms with Gasteiger partial charge in [-0.15, -0.1) is 0 Å². The summed E-state index contributed by atoms with van der Waals surface area (Å²) in [6.07, 6.45) is 0. The van der Waals surface area contributed by atoms with Crippen LogP contribution < -0.4 is 5.32 Å². The fraction of sp³-hybridized carbons (Fsp3) is 0.462. The van der Waals surface area contributed by atoms with Crippen molar-refractivity contribution >= 4 is 29.0 Å². The van der Waals surface area contributed by atoms with E-state index in [0.717, 1.165) is 5.75 Å². The van der Waals surface area contributed by atoms with Gasteiger partial charge in [-0.2, -0.15) is 11.8 Å². The van der Waals surface area contributed by atoms with Crippen molar-refractivity contribution in [2.24, 2.45) is 0 Å². The van der Waals surface area contributed by atoms with Crippen LogP contribution in [0.3, 0.4) is 0 Å². The summed E-state index contributed by atoms with van der Waals surface area (Å²) in [4.78, 5) is 25.0. The van der Waals surface area contributed by atoms with Gasteiger partial charge in [0, 0.05) is 31.1 Å². The lowest BCUT2D eigenvalue weighted by Crippen LogP contribution is -2.41. The van der Waals surface area contributed by atoms with Gasteiger partial charge < -0.3 is 10.2 Å². The molecule has 1 N–H and O–H groups in total. The largest absolute Gasteiger partial charge is 0.383 e. The number of carbonyl (C=O) groups excluding carboxylic acids is 1. The monoisotopic (exact) mass is 295 g/mol. The van der Waals surface area contributed by atoms with Crippen LogP contribution in [0.25, 0.3) is 0 Å². The summed E-state index contributed by atoms with van der Waals surface area (Å²) in [5.74, 6) is 0.604. The molecule has 1 atom stereocenters. The van der Waals surface area contributed by atoms with E-state index < -0.39 is 4.92 Å². The highest BCUT2D eigenvalue weighted by molar-refractivity contribution is 7.99. The Balaban J connectivity index is 2.36. The minimum atomic E-state index is -0.499. The Hall–Kier alpha value is -1.76. The maximum absolute atomic E-state index is 12.5. The van der Waals surface area contributed by atoms with Gasteiger partial charge in [0.15, 0.2) is 0 Å². The second kappa shape index (κ2) is 6.13. The molecule has 0 spiro atoms. The Morgan fingerprint density at radius 2 is 2.30 bits per heavy atom. The van der Waals surface area contributed by atoms with Gasteiger partial charge >= 0.3 is 5.69 Å². The number of hydrogen-bond donors (Lipinski definition) is 1.